The first kappa shape index (κ1) is 12.8. The van der Waals surface area contributed by atoms with Crippen LogP contribution in [0.3, 0.4) is 0 Å². The number of benzene rings is 1. The molecule has 0 fully saturated rings. The molecule has 0 aliphatic heterocycles. The standard InChI is InChI=1S/C11H8ClFN2O2S/c12-8-4-10(11(15(16)17)5-9(8)13)14-6-7-2-1-3-18-7/h1-5,14H,6H2. The van der Waals surface area contributed by atoms with Gasteiger partial charge in [-0.25, -0.2) is 4.39 Å². The molecule has 0 spiro atoms. The third kappa shape index (κ3) is 2.77. The molecule has 0 saturated heterocycles. The van der Waals surface area contributed by atoms with Gasteiger partial charge in [0.05, 0.1) is 16.0 Å². The third-order valence-electron chi connectivity index (χ3n) is 2.27. The predicted octanol–water partition coefficient (Wildman–Crippen LogP) is 4.06. The second-order valence-corrected chi connectivity index (χ2v) is 4.91. The van der Waals surface area contributed by atoms with E-state index in [-0.39, 0.29) is 16.4 Å². The van der Waals surface area contributed by atoms with Crippen molar-refractivity contribution in [1.82, 2.24) is 0 Å². The van der Waals surface area contributed by atoms with Gasteiger partial charge in [0.25, 0.3) is 5.69 Å². The first-order valence-electron chi connectivity index (χ1n) is 4.97. The average Bonchev–Trinajstić information content (AvgIpc) is 2.83. The van der Waals surface area contributed by atoms with Crippen molar-refractivity contribution in [3.63, 3.8) is 0 Å². The average molecular weight is 287 g/mol. The highest BCUT2D eigenvalue weighted by atomic mass is 35.5. The van der Waals surface area contributed by atoms with Crippen molar-refractivity contribution in [3.05, 3.63) is 55.5 Å². The number of nitrogens with one attached hydrogen (secondary N) is 1. The minimum absolute atomic E-state index is 0.144. The van der Waals surface area contributed by atoms with Crippen LogP contribution in [0.4, 0.5) is 15.8 Å². The summed E-state index contributed by atoms with van der Waals surface area (Å²) in [6.45, 7) is 0.431. The van der Waals surface area contributed by atoms with Crippen LogP contribution >= 0.6 is 22.9 Å². The molecule has 0 bridgehead atoms. The highest BCUT2D eigenvalue weighted by Gasteiger charge is 2.17. The number of nitrogens with zero attached hydrogens (tertiary/aromatic N) is 1. The van der Waals surface area contributed by atoms with Crippen molar-refractivity contribution in [2.45, 2.75) is 6.54 Å². The number of hydrogen-bond acceptors (Lipinski definition) is 4. The maximum atomic E-state index is 13.2. The summed E-state index contributed by atoms with van der Waals surface area (Å²) >= 11 is 7.14. The van der Waals surface area contributed by atoms with Gasteiger partial charge in [-0.05, 0) is 17.5 Å². The van der Waals surface area contributed by atoms with Gasteiger partial charge in [0.15, 0.2) is 0 Å². The molecule has 0 saturated carbocycles. The summed E-state index contributed by atoms with van der Waals surface area (Å²) in [5, 5.41) is 15.4. The Bertz CT molecular complexity index is 575. The first-order chi connectivity index (χ1) is 8.58. The zero-order valence-electron chi connectivity index (χ0n) is 9.02. The van der Waals surface area contributed by atoms with Crippen molar-refractivity contribution in [1.29, 1.82) is 0 Å². The van der Waals surface area contributed by atoms with Gasteiger partial charge in [-0.3, -0.25) is 10.1 Å². The van der Waals surface area contributed by atoms with Gasteiger partial charge in [0, 0.05) is 11.4 Å². The summed E-state index contributed by atoms with van der Waals surface area (Å²) in [6, 6.07) is 5.82. The van der Waals surface area contributed by atoms with Gasteiger partial charge in [-0.1, -0.05) is 17.7 Å². The summed E-state index contributed by atoms with van der Waals surface area (Å²) in [7, 11) is 0. The lowest BCUT2D eigenvalue weighted by atomic mass is 10.2. The lowest BCUT2D eigenvalue weighted by Gasteiger charge is -2.06. The molecule has 1 heterocycles. The van der Waals surface area contributed by atoms with E-state index in [4.69, 9.17) is 11.6 Å². The highest BCUT2D eigenvalue weighted by molar-refractivity contribution is 7.09. The van der Waals surface area contributed by atoms with E-state index in [0.29, 0.717) is 6.54 Å². The quantitative estimate of drug-likeness (QED) is 0.681. The Morgan fingerprint density at radius 2 is 2.28 bits per heavy atom. The summed E-state index contributed by atoms with van der Waals surface area (Å²) in [6.07, 6.45) is 0. The Morgan fingerprint density at radius 1 is 1.50 bits per heavy atom. The van der Waals surface area contributed by atoms with Crippen molar-refractivity contribution in [2.75, 3.05) is 5.32 Å². The molecule has 0 atom stereocenters. The van der Waals surface area contributed by atoms with E-state index in [1.165, 1.54) is 17.4 Å². The monoisotopic (exact) mass is 286 g/mol. The zero-order valence-corrected chi connectivity index (χ0v) is 10.6. The first-order valence-corrected chi connectivity index (χ1v) is 6.23. The molecule has 0 aliphatic rings. The van der Waals surface area contributed by atoms with Crippen molar-refractivity contribution >= 4 is 34.3 Å². The normalized spacial score (nSPS) is 10.3. The fourth-order valence-electron chi connectivity index (χ4n) is 1.42. The largest absolute Gasteiger partial charge is 0.375 e. The van der Waals surface area contributed by atoms with Crippen LogP contribution in [-0.2, 0) is 6.54 Å². The molecule has 2 aromatic rings. The van der Waals surface area contributed by atoms with Crippen LogP contribution in [-0.4, -0.2) is 4.92 Å². The molecule has 0 aliphatic carbocycles. The van der Waals surface area contributed by atoms with Gasteiger partial charge in [0.2, 0.25) is 0 Å². The van der Waals surface area contributed by atoms with E-state index in [0.717, 1.165) is 10.9 Å². The van der Waals surface area contributed by atoms with Gasteiger partial charge in [-0.2, -0.15) is 0 Å². The van der Waals surface area contributed by atoms with Crippen LogP contribution in [0.5, 0.6) is 0 Å². The number of hydrogen-bond donors (Lipinski definition) is 1. The van der Waals surface area contributed by atoms with Gasteiger partial charge < -0.3 is 5.32 Å². The van der Waals surface area contributed by atoms with Crippen LogP contribution in [0.15, 0.2) is 29.6 Å². The summed E-state index contributed by atoms with van der Waals surface area (Å²) < 4.78 is 13.2. The Balaban J connectivity index is 2.25. The Kier molecular flexibility index (Phi) is 3.78. The van der Waals surface area contributed by atoms with E-state index >= 15 is 0 Å². The number of nitro benzene ring substituents is 1. The lowest BCUT2D eigenvalue weighted by molar-refractivity contribution is -0.384. The zero-order chi connectivity index (χ0) is 13.1. The Morgan fingerprint density at radius 3 is 2.89 bits per heavy atom. The van der Waals surface area contributed by atoms with Gasteiger partial charge in [0.1, 0.15) is 11.5 Å². The predicted molar refractivity (Wildman–Crippen MR) is 69.7 cm³/mol. The van der Waals surface area contributed by atoms with Crippen molar-refractivity contribution in [3.8, 4) is 0 Å². The molecule has 0 radical (unpaired) electrons. The van der Waals surface area contributed by atoms with E-state index in [2.05, 4.69) is 5.32 Å². The van der Waals surface area contributed by atoms with E-state index < -0.39 is 10.7 Å². The van der Waals surface area contributed by atoms with E-state index in [1.54, 1.807) is 0 Å². The minimum atomic E-state index is -0.801. The number of halogens is 2. The van der Waals surface area contributed by atoms with E-state index in [1.807, 2.05) is 17.5 Å². The summed E-state index contributed by atoms with van der Waals surface area (Å²) in [5.41, 5.74) is -0.117. The Hall–Kier alpha value is -1.66. The molecular weight excluding hydrogens is 279 g/mol. The second kappa shape index (κ2) is 5.32. The topological polar surface area (TPSA) is 55.2 Å². The number of anilines is 1. The molecule has 0 unspecified atom stereocenters. The maximum absolute atomic E-state index is 13.2. The maximum Gasteiger partial charge on any atom is 0.295 e. The lowest BCUT2D eigenvalue weighted by Crippen LogP contribution is -2.02. The fraction of sp³-hybridized carbons (Fsp3) is 0.0909. The summed E-state index contributed by atoms with van der Waals surface area (Å²) in [4.78, 5) is 11.2. The molecular formula is C11H8ClFN2O2S. The van der Waals surface area contributed by atoms with Crippen LogP contribution in [0, 0.1) is 15.9 Å². The molecule has 7 heteroatoms. The van der Waals surface area contributed by atoms with Gasteiger partial charge >= 0.3 is 0 Å². The molecule has 94 valence electrons. The van der Waals surface area contributed by atoms with Crippen LogP contribution in [0.1, 0.15) is 4.88 Å². The third-order valence-corrected chi connectivity index (χ3v) is 3.43. The Labute approximate surface area is 111 Å². The minimum Gasteiger partial charge on any atom is -0.375 e. The molecule has 1 aromatic carbocycles. The SMILES string of the molecule is O=[N+]([O-])c1cc(F)c(Cl)cc1NCc1cccs1. The van der Waals surface area contributed by atoms with Crippen LogP contribution < -0.4 is 5.32 Å². The molecule has 1 N–H and O–H groups in total. The van der Waals surface area contributed by atoms with Crippen molar-refractivity contribution < 1.29 is 9.31 Å². The second-order valence-electron chi connectivity index (χ2n) is 3.47. The molecule has 1 aromatic heterocycles. The number of rotatable bonds is 4. The van der Waals surface area contributed by atoms with E-state index in [9.17, 15) is 14.5 Å². The van der Waals surface area contributed by atoms with Gasteiger partial charge in [-0.15, -0.1) is 11.3 Å². The molecule has 18 heavy (non-hydrogen) atoms. The van der Waals surface area contributed by atoms with Crippen LogP contribution in [0.2, 0.25) is 5.02 Å². The highest BCUT2D eigenvalue weighted by Crippen LogP contribution is 2.30. The van der Waals surface area contributed by atoms with Crippen molar-refractivity contribution in [2.24, 2.45) is 0 Å². The molecule has 0 amide bonds. The summed E-state index contributed by atoms with van der Waals surface area (Å²) in [5.74, 6) is -0.801. The molecule has 4 nitrogen and oxygen atoms in total. The smallest absolute Gasteiger partial charge is 0.295 e. The number of thiophene rings is 1. The number of nitro groups is 1. The fourth-order valence-corrected chi connectivity index (χ4v) is 2.23. The molecule has 2 rings (SSSR count). The van der Waals surface area contributed by atoms with Crippen LogP contribution in [0.25, 0.3) is 0 Å².